The second-order valence-electron chi connectivity index (χ2n) is 5.27. The zero-order valence-corrected chi connectivity index (χ0v) is 11.9. The molecule has 0 spiro atoms. The monoisotopic (exact) mass is 288 g/mol. The van der Waals surface area contributed by atoms with Crippen LogP contribution in [0.2, 0.25) is 0 Å². The number of amides is 2. The third-order valence-corrected chi connectivity index (χ3v) is 4.54. The first-order valence-corrected chi connectivity index (χ1v) is 7.64. The molecule has 0 bridgehead atoms. The van der Waals surface area contributed by atoms with Gasteiger partial charge in [0.05, 0.1) is 12.1 Å². The number of carbonyl (C=O) groups excluding carboxylic acids is 1. The highest BCUT2D eigenvalue weighted by Gasteiger charge is 2.36. The number of rotatable bonds is 2. The number of carboxylic acids is 1. The molecule has 2 heterocycles. The topological polar surface area (TPSA) is 78.9 Å². The summed E-state index contributed by atoms with van der Waals surface area (Å²) in [5.41, 5.74) is -0.386. The predicted octanol–water partition coefficient (Wildman–Crippen LogP) is 0.767. The molecule has 0 aromatic heterocycles. The van der Waals surface area contributed by atoms with Crippen LogP contribution >= 0.6 is 11.8 Å². The Bertz CT molecular complexity index is 358. The van der Waals surface area contributed by atoms with Crippen LogP contribution in [0.1, 0.15) is 19.8 Å². The Hall–Kier alpha value is -0.950. The number of urea groups is 1. The number of aliphatic carboxylic acids is 1. The third kappa shape index (κ3) is 3.54. The van der Waals surface area contributed by atoms with Crippen LogP contribution < -0.4 is 5.32 Å². The van der Waals surface area contributed by atoms with Crippen LogP contribution in [0.15, 0.2) is 0 Å². The molecule has 0 aliphatic carbocycles. The molecule has 2 aliphatic heterocycles. The first kappa shape index (κ1) is 14.5. The fourth-order valence-electron chi connectivity index (χ4n) is 2.41. The average molecular weight is 288 g/mol. The number of hydrogen-bond donors (Lipinski definition) is 2. The summed E-state index contributed by atoms with van der Waals surface area (Å²) in [7, 11) is 0. The van der Waals surface area contributed by atoms with Crippen molar-refractivity contribution in [2.45, 2.75) is 31.3 Å². The minimum absolute atomic E-state index is 0.291. The number of nitrogens with zero attached hydrogens (tertiary/aromatic N) is 1. The van der Waals surface area contributed by atoms with E-state index >= 15 is 0 Å². The number of hydrogen-bond acceptors (Lipinski definition) is 4. The van der Waals surface area contributed by atoms with Gasteiger partial charge in [-0.3, -0.25) is 0 Å². The molecule has 108 valence electrons. The molecule has 0 radical (unpaired) electrons. The van der Waals surface area contributed by atoms with Crippen molar-refractivity contribution in [1.29, 1.82) is 0 Å². The molecule has 0 saturated carbocycles. The van der Waals surface area contributed by atoms with Gasteiger partial charge < -0.3 is 20.1 Å². The molecule has 2 amide bonds. The maximum absolute atomic E-state index is 12.3. The van der Waals surface area contributed by atoms with Crippen LogP contribution in [0.3, 0.4) is 0 Å². The van der Waals surface area contributed by atoms with Gasteiger partial charge in [-0.1, -0.05) is 0 Å². The highest BCUT2D eigenvalue weighted by molar-refractivity contribution is 7.99. The van der Waals surface area contributed by atoms with Crippen LogP contribution in [-0.4, -0.2) is 64.9 Å². The molecule has 7 heteroatoms. The van der Waals surface area contributed by atoms with E-state index in [2.05, 4.69) is 5.32 Å². The normalized spacial score (nSPS) is 31.8. The van der Waals surface area contributed by atoms with Gasteiger partial charge in [-0.15, -0.1) is 0 Å². The Morgan fingerprint density at radius 2 is 2.32 bits per heavy atom. The maximum atomic E-state index is 12.3. The van der Waals surface area contributed by atoms with Gasteiger partial charge >= 0.3 is 12.0 Å². The van der Waals surface area contributed by atoms with Crippen molar-refractivity contribution in [2.24, 2.45) is 0 Å². The van der Waals surface area contributed by atoms with E-state index in [1.54, 1.807) is 11.8 Å². The number of thioether (sulfide) groups is 1. The summed E-state index contributed by atoms with van der Waals surface area (Å²) in [5, 5.41) is 12.1. The number of ether oxygens (including phenoxy) is 1. The lowest BCUT2D eigenvalue weighted by atomic mass is 9.95. The Kier molecular flexibility index (Phi) is 4.57. The number of nitrogens with one attached hydrogen (secondary N) is 1. The quantitative estimate of drug-likeness (QED) is 0.784. The smallest absolute Gasteiger partial charge is 0.327 e. The van der Waals surface area contributed by atoms with Crippen molar-refractivity contribution < 1.29 is 19.4 Å². The molecule has 0 aromatic carbocycles. The van der Waals surface area contributed by atoms with Crippen molar-refractivity contribution in [3.8, 4) is 0 Å². The summed E-state index contributed by atoms with van der Waals surface area (Å²) in [6.07, 6.45) is 1.77. The molecule has 6 nitrogen and oxygen atoms in total. The van der Waals surface area contributed by atoms with Crippen molar-refractivity contribution in [3.05, 3.63) is 0 Å². The second-order valence-corrected chi connectivity index (χ2v) is 6.42. The number of carboxylic acid groups (broad SMARTS) is 1. The van der Waals surface area contributed by atoms with Crippen LogP contribution in [-0.2, 0) is 9.53 Å². The fourth-order valence-corrected chi connectivity index (χ4v) is 3.45. The van der Waals surface area contributed by atoms with E-state index in [4.69, 9.17) is 9.84 Å². The first-order valence-electron chi connectivity index (χ1n) is 6.49. The van der Waals surface area contributed by atoms with E-state index < -0.39 is 12.0 Å². The van der Waals surface area contributed by atoms with Gasteiger partial charge in [0.2, 0.25) is 0 Å². The van der Waals surface area contributed by atoms with Crippen LogP contribution in [0, 0.1) is 0 Å². The summed E-state index contributed by atoms with van der Waals surface area (Å²) in [6, 6.07) is -1.02. The van der Waals surface area contributed by atoms with Gasteiger partial charge in [0.25, 0.3) is 0 Å². The molecule has 2 saturated heterocycles. The minimum atomic E-state index is -0.938. The second kappa shape index (κ2) is 6.00. The maximum Gasteiger partial charge on any atom is 0.327 e. The van der Waals surface area contributed by atoms with Gasteiger partial charge in [-0.2, -0.15) is 11.8 Å². The Balaban J connectivity index is 1.99. The van der Waals surface area contributed by atoms with Crippen molar-refractivity contribution in [1.82, 2.24) is 10.2 Å². The zero-order valence-electron chi connectivity index (χ0n) is 11.1. The summed E-state index contributed by atoms with van der Waals surface area (Å²) in [6.45, 7) is 3.63. The molecule has 2 fully saturated rings. The highest BCUT2D eigenvalue weighted by atomic mass is 32.2. The fraction of sp³-hybridized carbons (Fsp3) is 0.833. The van der Waals surface area contributed by atoms with Gasteiger partial charge in [-0.05, 0) is 19.8 Å². The van der Waals surface area contributed by atoms with E-state index in [9.17, 15) is 9.59 Å². The molecule has 2 N–H and O–H groups in total. The lowest BCUT2D eigenvalue weighted by Crippen LogP contribution is -2.60. The minimum Gasteiger partial charge on any atom is -0.480 e. The standard InChI is InChI=1S/C12H20N2O4S/c1-12(3-2-5-18-8-12)13-11(17)14-4-6-19-7-9(14)10(15)16/h9H,2-8H2,1H3,(H,13,17)(H,15,16). The molecule has 0 aromatic rings. The Labute approximate surface area is 116 Å². The molecule has 2 unspecified atom stereocenters. The van der Waals surface area contributed by atoms with E-state index in [0.717, 1.165) is 25.2 Å². The van der Waals surface area contributed by atoms with Gasteiger partial charge in [0.1, 0.15) is 6.04 Å². The molecule has 2 aliphatic rings. The van der Waals surface area contributed by atoms with Crippen LogP contribution in [0.4, 0.5) is 4.79 Å². The lowest BCUT2D eigenvalue weighted by molar-refractivity contribution is -0.141. The first-order chi connectivity index (χ1) is 9.02. The SMILES string of the molecule is CC1(NC(=O)N2CCSCC2C(=O)O)CCCOC1. The van der Waals surface area contributed by atoms with E-state index in [1.807, 2.05) is 6.92 Å². The van der Waals surface area contributed by atoms with Crippen molar-refractivity contribution in [3.63, 3.8) is 0 Å². The molecular formula is C12H20N2O4S. The zero-order chi connectivity index (χ0) is 13.9. The van der Waals surface area contributed by atoms with E-state index in [0.29, 0.717) is 18.9 Å². The van der Waals surface area contributed by atoms with Gasteiger partial charge in [0, 0.05) is 24.7 Å². The summed E-state index contributed by atoms with van der Waals surface area (Å²) in [5.74, 6) is 0.299. The van der Waals surface area contributed by atoms with Crippen LogP contribution in [0.5, 0.6) is 0 Å². The van der Waals surface area contributed by atoms with E-state index in [1.165, 1.54) is 4.90 Å². The van der Waals surface area contributed by atoms with Crippen LogP contribution in [0.25, 0.3) is 0 Å². The van der Waals surface area contributed by atoms with Gasteiger partial charge in [0.15, 0.2) is 0 Å². The average Bonchev–Trinajstić information content (AvgIpc) is 2.39. The summed E-state index contributed by atoms with van der Waals surface area (Å²) >= 11 is 1.57. The predicted molar refractivity (Wildman–Crippen MR) is 72.4 cm³/mol. The molecule has 2 rings (SSSR count). The molecule has 19 heavy (non-hydrogen) atoms. The highest BCUT2D eigenvalue weighted by Crippen LogP contribution is 2.21. The Morgan fingerprint density at radius 3 is 2.95 bits per heavy atom. The van der Waals surface area contributed by atoms with E-state index in [-0.39, 0.29) is 11.6 Å². The van der Waals surface area contributed by atoms with Crippen molar-refractivity contribution in [2.75, 3.05) is 31.3 Å². The number of carbonyl (C=O) groups is 2. The Morgan fingerprint density at radius 1 is 1.53 bits per heavy atom. The summed E-state index contributed by atoms with van der Waals surface area (Å²) < 4.78 is 5.39. The lowest BCUT2D eigenvalue weighted by Gasteiger charge is -2.39. The summed E-state index contributed by atoms with van der Waals surface area (Å²) in [4.78, 5) is 24.9. The van der Waals surface area contributed by atoms with Crippen molar-refractivity contribution >= 4 is 23.8 Å². The molecular weight excluding hydrogens is 268 g/mol. The van der Waals surface area contributed by atoms with Gasteiger partial charge in [-0.25, -0.2) is 9.59 Å². The third-order valence-electron chi connectivity index (χ3n) is 3.52. The largest absolute Gasteiger partial charge is 0.480 e. The molecule has 2 atom stereocenters.